The zero-order valence-electron chi connectivity index (χ0n) is 16.4. The zero-order valence-corrected chi connectivity index (χ0v) is 16.4. The maximum absolute atomic E-state index is 8.66. The number of hydrogen-bond acceptors (Lipinski definition) is 6. The number of anilines is 2. The van der Waals surface area contributed by atoms with Crippen molar-refractivity contribution in [2.24, 2.45) is 12.2 Å². The SMILES string of the molecule is Cc1cccc(Nc2nc3cc(Oc4ccnc(C=NO)c4)ccc3n2C)c1C. The zero-order chi connectivity index (χ0) is 20.4. The summed E-state index contributed by atoms with van der Waals surface area (Å²) in [5.41, 5.74) is 5.78. The van der Waals surface area contributed by atoms with E-state index in [1.807, 2.05) is 41.9 Å². The van der Waals surface area contributed by atoms with E-state index in [9.17, 15) is 0 Å². The lowest BCUT2D eigenvalue weighted by atomic mass is 10.1. The molecule has 0 spiro atoms. The summed E-state index contributed by atoms with van der Waals surface area (Å²) < 4.78 is 7.94. The highest BCUT2D eigenvalue weighted by Gasteiger charge is 2.11. The summed E-state index contributed by atoms with van der Waals surface area (Å²) in [7, 11) is 1.98. The van der Waals surface area contributed by atoms with Gasteiger partial charge in [0.25, 0.3) is 0 Å². The van der Waals surface area contributed by atoms with Gasteiger partial charge in [0.1, 0.15) is 11.5 Å². The van der Waals surface area contributed by atoms with Gasteiger partial charge in [-0.05, 0) is 49.2 Å². The Morgan fingerprint density at radius 2 is 1.93 bits per heavy atom. The van der Waals surface area contributed by atoms with E-state index in [1.54, 1.807) is 18.3 Å². The minimum atomic E-state index is 0.504. The van der Waals surface area contributed by atoms with Crippen molar-refractivity contribution in [1.29, 1.82) is 0 Å². The lowest BCUT2D eigenvalue weighted by Crippen LogP contribution is -2.01. The molecule has 0 radical (unpaired) electrons. The summed E-state index contributed by atoms with van der Waals surface area (Å²) in [5.74, 6) is 2.02. The van der Waals surface area contributed by atoms with Crippen LogP contribution in [0, 0.1) is 13.8 Å². The van der Waals surface area contributed by atoms with Gasteiger partial charge in [0.05, 0.1) is 22.9 Å². The first-order chi connectivity index (χ1) is 14.0. The first-order valence-electron chi connectivity index (χ1n) is 9.16. The molecule has 0 aliphatic heterocycles. The van der Waals surface area contributed by atoms with Crippen LogP contribution in [0.15, 0.2) is 59.9 Å². The fourth-order valence-electron chi connectivity index (χ4n) is 3.12. The van der Waals surface area contributed by atoms with Gasteiger partial charge in [-0.15, -0.1) is 0 Å². The number of ether oxygens (including phenoxy) is 1. The lowest BCUT2D eigenvalue weighted by Gasteiger charge is -2.11. The quantitative estimate of drug-likeness (QED) is 0.288. The normalized spacial score (nSPS) is 11.3. The van der Waals surface area contributed by atoms with E-state index in [1.165, 1.54) is 17.3 Å². The van der Waals surface area contributed by atoms with Crippen molar-refractivity contribution in [3.63, 3.8) is 0 Å². The number of pyridine rings is 1. The van der Waals surface area contributed by atoms with Crippen LogP contribution in [-0.4, -0.2) is 26.0 Å². The number of hydrogen-bond donors (Lipinski definition) is 2. The lowest BCUT2D eigenvalue weighted by molar-refractivity contribution is 0.321. The van der Waals surface area contributed by atoms with Crippen molar-refractivity contribution in [2.45, 2.75) is 13.8 Å². The van der Waals surface area contributed by atoms with Gasteiger partial charge in [-0.2, -0.15) is 0 Å². The first-order valence-corrected chi connectivity index (χ1v) is 9.16. The van der Waals surface area contributed by atoms with Crippen molar-refractivity contribution in [2.75, 3.05) is 5.32 Å². The Balaban J connectivity index is 1.63. The van der Waals surface area contributed by atoms with Crippen LogP contribution in [0.25, 0.3) is 11.0 Å². The molecule has 7 nitrogen and oxygen atoms in total. The maximum atomic E-state index is 8.66. The monoisotopic (exact) mass is 387 g/mol. The highest BCUT2D eigenvalue weighted by Crippen LogP contribution is 2.29. The van der Waals surface area contributed by atoms with E-state index in [-0.39, 0.29) is 0 Å². The van der Waals surface area contributed by atoms with Crippen molar-refractivity contribution in [1.82, 2.24) is 14.5 Å². The van der Waals surface area contributed by atoms with E-state index >= 15 is 0 Å². The van der Waals surface area contributed by atoms with Crippen LogP contribution in [0.5, 0.6) is 11.5 Å². The molecule has 0 saturated carbocycles. The molecule has 2 heterocycles. The number of aromatic nitrogens is 3. The number of rotatable bonds is 5. The Bertz CT molecular complexity index is 1210. The average molecular weight is 387 g/mol. The molecule has 0 saturated heterocycles. The fraction of sp³-hybridized carbons (Fsp3) is 0.136. The molecule has 0 unspecified atom stereocenters. The molecule has 0 bridgehead atoms. The van der Waals surface area contributed by atoms with Crippen LogP contribution in [0.3, 0.4) is 0 Å². The second kappa shape index (κ2) is 7.63. The number of aryl methyl sites for hydroxylation is 2. The van der Waals surface area contributed by atoms with Gasteiger partial charge in [0.15, 0.2) is 0 Å². The fourth-order valence-corrected chi connectivity index (χ4v) is 3.12. The van der Waals surface area contributed by atoms with Crippen molar-refractivity contribution in [3.8, 4) is 11.5 Å². The van der Waals surface area contributed by atoms with Crippen molar-refractivity contribution in [3.05, 3.63) is 71.5 Å². The highest BCUT2D eigenvalue weighted by molar-refractivity contribution is 5.81. The Labute approximate surface area is 168 Å². The number of oxime groups is 1. The third-order valence-electron chi connectivity index (χ3n) is 4.88. The van der Waals surface area contributed by atoms with Crippen LogP contribution in [0.1, 0.15) is 16.8 Å². The van der Waals surface area contributed by atoms with E-state index in [0.717, 1.165) is 22.7 Å². The largest absolute Gasteiger partial charge is 0.457 e. The predicted octanol–water partition coefficient (Wildman–Crippen LogP) is 4.93. The number of imidazole rings is 1. The standard InChI is InChI=1S/C22H21N5O2/c1-14-5-4-6-19(15(14)2)25-22-26-20-12-17(7-8-21(20)27(22)3)29-18-9-10-23-16(11-18)13-24-28/h4-13,28H,1-3H3,(H,25,26). The molecule has 7 heteroatoms. The van der Waals surface area contributed by atoms with Gasteiger partial charge >= 0.3 is 0 Å². The van der Waals surface area contributed by atoms with Crippen LogP contribution < -0.4 is 10.1 Å². The Morgan fingerprint density at radius 3 is 2.76 bits per heavy atom. The van der Waals surface area contributed by atoms with E-state index in [4.69, 9.17) is 14.9 Å². The smallest absolute Gasteiger partial charge is 0.208 e. The van der Waals surface area contributed by atoms with Crippen molar-refractivity contribution < 1.29 is 9.94 Å². The molecule has 0 amide bonds. The molecular formula is C22H21N5O2. The predicted molar refractivity (Wildman–Crippen MR) is 114 cm³/mol. The molecule has 0 aliphatic rings. The molecule has 4 aromatic rings. The first kappa shape index (κ1) is 18.5. The summed E-state index contributed by atoms with van der Waals surface area (Å²) in [5, 5.41) is 15.1. The minimum Gasteiger partial charge on any atom is -0.457 e. The van der Waals surface area contributed by atoms with Crippen LogP contribution >= 0.6 is 0 Å². The van der Waals surface area contributed by atoms with Gasteiger partial charge in [-0.3, -0.25) is 4.98 Å². The van der Waals surface area contributed by atoms with Gasteiger partial charge in [-0.1, -0.05) is 17.3 Å². The maximum Gasteiger partial charge on any atom is 0.208 e. The topological polar surface area (TPSA) is 84.6 Å². The van der Waals surface area contributed by atoms with Crippen LogP contribution in [0.4, 0.5) is 11.6 Å². The van der Waals surface area contributed by atoms with Crippen molar-refractivity contribution >= 4 is 28.9 Å². The molecule has 2 N–H and O–H groups in total. The van der Waals surface area contributed by atoms with Gasteiger partial charge in [-0.25, -0.2) is 4.98 Å². The Hall–Kier alpha value is -3.87. The van der Waals surface area contributed by atoms with E-state index in [2.05, 4.69) is 35.4 Å². The third-order valence-corrected chi connectivity index (χ3v) is 4.88. The molecule has 0 aliphatic carbocycles. The number of benzene rings is 2. The molecule has 0 fully saturated rings. The van der Waals surface area contributed by atoms with E-state index < -0.39 is 0 Å². The summed E-state index contributed by atoms with van der Waals surface area (Å²) in [6.45, 7) is 4.19. The third kappa shape index (κ3) is 3.75. The van der Waals surface area contributed by atoms with Gasteiger partial charge in [0.2, 0.25) is 5.95 Å². The van der Waals surface area contributed by atoms with Crippen LogP contribution in [-0.2, 0) is 7.05 Å². The summed E-state index contributed by atoms with van der Waals surface area (Å²) >= 11 is 0. The number of fused-ring (bicyclic) bond motifs is 1. The number of nitrogens with one attached hydrogen (secondary N) is 1. The highest BCUT2D eigenvalue weighted by atomic mass is 16.5. The Morgan fingerprint density at radius 1 is 1.10 bits per heavy atom. The summed E-state index contributed by atoms with van der Waals surface area (Å²) in [6.07, 6.45) is 2.85. The second-order valence-corrected chi connectivity index (χ2v) is 6.78. The average Bonchev–Trinajstić information content (AvgIpc) is 3.01. The van der Waals surface area contributed by atoms with Gasteiger partial charge in [0, 0.05) is 31.1 Å². The Kier molecular flexibility index (Phi) is 4.87. The molecule has 2 aromatic heterocycles. The van der Waals surface area contributed by atoms with Crippen LogP contribution in [0.2, 0.25) is 0 Å². The summed E-state index contributed by atoms with van der Waals surface area (Å²) in [4.78, 5) is 8.81. The molecule has 0 atom stereocenters. The molecular weight excluding hydrogens is 366 g/mol. The molecule has 2 aromatic carbocycles. The number of nitrogens with zero attached hydrogens (tertiary/aromatic N) is 4. The van der Waals surface area contributed by atoms with E-state index in [0.29, 0.717) is 17.2 Å². The summed E-state index contributed by atoms with van der Waals surface area (Å²) in [6, 6.07) is 15.4. The molecule has 4 rings (SSSR count). The minimum absolute atomic E-state index is 0.504. The molecule has 146 valence electrons. The van der Waals surface area contributed by atoms with Gasteiger partial charge < -0.3 is 19.8 Å². The second-order valence-electron chi connectivity index (χ2n) is 6.78. The molecule has 29 heavy (non-hydrogen) atoms.